The predicted molar refractivity (Wildman–Crippen MR) is 94.7 cm³/mol. The third-order valence-corrected chi connectivity index (χ3v) is 5.65. The molecule has 2 aromatic rings. The zero-order valence-electron chi connectivity index (χ0n) is 13.5. The first-order valence-corrected chi connectivity index (χ1v) is 9.47. The number of hydrogen-bond acceptors (Lipinski definition) is 6. The number of amides is 1. The first kappa shape index (κ1) is 17.2. The Kier molecular flexibility index (Phi) is 5.35. The van der Waals surface area contributed by atoms with Crippen LogP contribution in [0.2, 0.25) is 0 Å². The monoisotopic (exact) mass is 366 g/mol. The molecule has 8 heteroatoms. The maximum absolute atomic E-state index is 13.2. The highest BCUT2D eigenvalue weighted by atomic mass is 32.2. The topological polar surface area (TPSA) is 58.1 Å². The van der Waals surface area contributed by atoms with Crippen LogP contribution in [-0.2, 0) is 11.3 Å². The van der Waals surface area contributed by atoms with Crippen LogP contribution in [0.25, 0.3) is 0 Å². The van der Waals surface area contributed by atoms with E-state index < -0.39 is 0 Å². The molecule has 24 heavy (non-hydrogen) atoms. The summed E-state index contributed by atoms with van der Waals surface area (Å²) in [6.07, 6.45) is 2.36. The number of carbonyl (C=O) groups excluding carboxylic acids is 1. The Bertz CT molecular complexity index is 720. The van der Waals surface area contributed by atoms with Gasteiger partial charge in [0.1, 0.15) is 5.82 Å². The number of nitrogens with zero attached hydrogens (tertiary/aromatic N) is 3. The number of thioether (sulfide) groups is 1. The maximum atomic E-state index is 13.2. The number of anilines is 1. The normalized spacial score (nSPS) is 15.1. The molecule has 3 rings (SSSR count). The van der Waals surface area contributed by atoms with Crippen LogP contribution in [-0.4, -0.2) is 39.3 Å². The summed E-state index contributed by atoms with van der Waals surface area (Å²) in [6.45, 7) is 2.23. The number of hydrogen-bond donors (Lipinski definition) is 1. The SMILES string of the molecule is CC(Sc1nnc(NC2CC2)s1)C(=O)N(C)Cc1cccc(F)c1. The van der Waals surface area contributed by atoms with Crippen molar-refractivity contribution >= 4 is 34.1 Å². The summed E-state index contributed by atoms with van der Waals surface area (Å²) in [7, 11) is 1.73. The molecular weight excluding hydrogens is 347 g/mol. The molecule has 1 aliphatic carbocycles. The van der Waals surface area contributed by atoms with Crippen LogP contribution in [0.5, 0.6) is 0 Å². The molecule has 0 spiro atoms. The van der Waals surface area contributed by atoms with E-state index in [9.17, 15) is 9.18 Å². The van der Waals surface area contributed by atoms with Crippen molar-refractivity contribution < 1.29 is 9.18 Å². The molecule has 1 atom stereocenters. The maximum Gasteiger partial charge on any atom is 0.235 e. The van der Waals surface area contributed by atoms with Gasteiger partial charge in [0.25, 0.3) is 0 Å². The fourth-order valence-electron chi connectivity index (χ4n) is 2.22. The second-order valence-corrected chi connectivity index (χ2v) is 8.44. The highest BCUT2D eigenvalue weighted by Gasteiger charge is 2.24. The summed E-state index contributed by atoms with van der Waals surface area (Å²) in [5.41, 5.74) is 0.773. The molecule has 1 amide bonds. The number of benzene rings is 1. The third-order valence-electron chi connectivity index (χ3n) is 3.62. The highest BCUT2D eigenvalue weighted by Crippen LogP contribution is 2.32. The van der Waals surface area contributed by atoms with Crippen molar-refractivity contribution in [2.24, 2.45) is 0 Å². The number of carbonyl (C=O) groups is 1. The van der Waals surface area contributed by atoms with Crippen LogP contribution in [0.4, 0.5) is 9.52 Å². The molecule has 1 aromatic heterocycles. The molecule has 1 heterocycles. The second-order valence-electron chi connectivity index (χ2n) is 5.88. The first-order valence-electron chi connectivity index (χ1n) is 7.77. The number of halogens is 1. The summed E-state index contributed by atoms with van der Waals surface area (Å²) in [5, 5.41) is 12.1. The van der Waals surface area contributed by atoms with Crippen LogP contribution < -0.4 is 5.32 Å². The molecule has 1 aliphatic rings. The van der Waals surface area contributed by atoms with Gasteiger partial charge in [0.15, 0.2) is 4.34 Å². The largest absolute Gasteiger partial charge is 0.357 e. The zero-order valence-corrected chi connectivity index (χ0v) is 15.2. The minimum atomic E-state index is -0.291. The lowest BCUT2D eigenvalue weighted by atomic mass is 10.2. The molecule has 1 unspecified atom stereocenters. The van der Waals surface area contributed by atoms with Crippen molar-refractivity contribution in [2.45, 2.75) is 41.9 Å². The van der Waals surface area contributed by atoms with Crippen LogP contribution in [0.15, 0.2) is 28.6 Å². The highest BCUT2D eigenvalue weighted by molar-refractivity contribution is 8.02. The third kappa shape index (κ3) is 4.67. The molecule has 128 valence electrons. The lowest BCUT2D eigenvalue weighted by Gasteiger charge is -2.20. The van der Waals surface area contributed by atoms with Gasteiger partial charge in [0.05, 0.1) is 5.25 Å². The van der Waals surface area contributed by atoms with Crippen molar-refractivity contribution in [2.75, 3.05) is 12.4 Å². The van der Waals surface area contributed by atoms with Crippen LogP contribution in [0.3, 0.4) is 0 Å². The van der Waals surface area contributed by atoms with Crippen molar-refractivity contribution in [3.05, 3.63) is 35.6 Å². The van der Waals surface area contributed by atoms with E-state index in [1.807, 2.05) is 13.0 Å². The summed E-state index contributed by atoms with van der Waals surface area (Å²) < 4.78 is 14.0. The van der Waals surface area contributed by atoms with E-state index in [-0.39, 0.29) is 17.0 Å². The van der Waals surface area contributed by atoms with Crippen LogP contribution >= 0.6 is 23.1 Å². The lowest BCUT2D eigenvalue weighted by Crippen LogP contribution is -2.32. The minimum Gasteiger partial charge on any atom is -0.357 e. The van der Waals surface area contributed by atoms with Gasteiger partial charge in [-0.1, -0.05) is 35.2 Å². The molecular formula is C16H19FN4OS2. The smallest absolute Gasteiger partial charge is 0.235 e. The van der Waals surface area contributed by atoms with Crippen molar-refractivity contribution in [3.63, 3.8) is 0 Å². The molecule has 0 bridgehead atoms. The predicted octanol–water partition coefficient (Wildman–Crippen LogP) is 3.39. The summed E-state index contributed by atoms with van der Waals surface area (Å²) >= 11 is 2.88. The van der Waals surface area contributed by atoms with Gasteiger partial charge in [-0.05, 0) is 37.5 Å². The van der Waals surface area contributed by atoms with E-state index in [0.717, 1.165) is 15.0 Å². The molecule has 1 saturated carbocycles. The summed E-state index contributed by atoms with van der Waals surface area (Å²) in [4.78, 5) is 14.1. The molecule has 0 aliphatic heterocycles. The van der Waals surface area contributed by atoms with Crippen molar-refractivity contribution in [1.29, 1.82) is 0 Å². The first-order chi connectivity index (χ1) is 11.5. The molecule has 1 fully saturated rings. The molecule has 1 N–H and O–H groups in total. The van der Waals surface area contributed by atoms with Crippen molar-refractivity contribution in [1.82, 2.24) is 15.1 Å². The van der Waals surface area contributed by atoms with Gasteiger partial charge in [0, 0.05) is 19.6 Å². The lowest BCUT2D eigenvalue weighted by molar-refractivity contribution is -0.129. The van der Waals surface area contributed by atoms with Gasteiger partial charge in [-0.15, -0.1) is 10.2 Å². The van der Waals surface area contributed by atoms with E-state index in [1.165, 1.54) is 48.1 Å². The molecule has 5 nitrogen and oxygen atoms in total. The summed E-state index contributed by atoms with van der Waals surface area (Å²) in [6, 6.07) is 6.84. The van der Waals surface area contributed by atoms with Gasteiger partial charge < -0.3 is 10.2 Å². The number of rotatable bonds is 7. The average molecular weight is 366 g/mol. The average Bonchev–Trinajstić information content (AvgIpc) is 3.25. The minimum absolute atomic E-state index is 0.0174. The fourth-order valence-corrected chi connectivity index (χ4v) is 4.30. The van der Waals surface area contributed by atoms with Gasteiger partial charge in [-0.2, -0.15) is 0 Å². The van der Waals surface area contributed by atoms with Crippen molar-refractivity contribution in [3.8, 4) is 0 Å². The van der Waals surface area contributed by atoms with E-state index in [1.54, 1.807) is 18.0 Å². The number of nitrogens with one attached hydrogen (secondary N) is 1. The quantitative estimate of drug-likeness (QED) is 0.761. The van der Waals surface area contributed by atoms with E-state index in [0.29, 0.717) is 12.6 Å². The second kappa shape index (κ2) is 7.48. The Morgan fingerprint density at radius 3 is 3.00 bits per heavy atom. The Balaban J connectivity index is 1.54. The van der Waals surface area contributed by atoms with E-state index in [2.05, 4.69) is 15.5 Å². The van der Waals surface area contributed by atoms with Crippen LogP contribution in [0.1, 0.15) is 25.3 Å². The standard InChI is InChI=1S/C16H19FN4OS2/c1-10(23-16-20-19-15(24-16)18-13-6-7-13)14(22)21(2)9-11-4-3-5-12(17)8-11/h3-5,8,10,13H,6-7,9H2,1-2H3,(H,18,19). The fraction of sp³-hybridized carbons (Fsp3) is 0.438. The Hall–Kier alpha value is -1.67. The van der Waals surface area contributed by atoms with Gasteiger partial charge in [-0.3, -0.25) is 4.79 Å². The van der Waals surface area contributed by atoms with Gasteiger partial charge in [0.2, 0.25) is 11.0 Å². The Morgan fingerprint density at radius 1 is 1.50 bits per heavy atom. The Morgan fingerprint density at radius 2 is 2.29 bits per heavy atom. The van der Waals surface area contributed by atoms with E-state index >= 15 is 0 Å². The van der Waals surface area contributed by atoms with Crippen LogP contribution in [0, 0.1) is 5.82 Å². The zero-order chi connectivity index (χ0) is 17.1. The van der Waals surface area contributed by atoms with Gasteiger partial charge >= 0.3 is 0 Å². The summed E-state index contributed by atoms with van der Waals surface area (Å²) in [5.74, 6) is -0.309. The molecule has 1 aromatic carbocycles. The van der Waals surface area contributed by atoms with Gasteiger partial charge in [-0.25, -0.2) is 4.39 Å². The van der Waals surface area contributed by atoms with E-state index in [4.69, 9.17) is 0 Å². The molecule has 0 saturated heterocycles. The number of aromatic nitrogens is 2. The Labute approximate surface area is 148 Å². The molecule has 0 radical (unpaired) electrons.